The summed E-state index contributed by atoms with van der Waals surface area (Å²) in [5, 5.41) is 7.41. The highest BCUT2D eigenvalue weighted by atomic mass is 127. The number of para-hydroxylation sites is 1. The Balaban J connectivity index is 0.00000225. The second-order valence-electron chi connectivity index (χ2n) is 8.85. The predicted octanol–water partition coefficient (Wildman–Crippen LogP) is 3.64. The number of nitrogens with zero attached hydrogens (tertiary/aromatic N) is 2. The van der Waals surface area contributed by atoms with Gasteiger partial charge in [0.25, 0.3) is 0 Å². The third-order valence-corrected chi connectivity index (χ3v) is 6.80. The third kappa shape index (κ3) is 4.27. The minimum Gasteiger partial charge on any atom is -0.377 e. The van der Waals surface area contributed by atoms with Crippen molar-refractivity contribution in [1.29, 1.82) is 0 Å². The van der Waals surface area contributed by atoms with Gasteiger partial charge in [-0.3, -0.25) is 4.99 Å². The SMILES string of the molecule is CN=C(NC1CCN(c2ccccc2)CC1)NC1C2CCCOC2C1(C)C.I. The Labute approximate surface area is 186 Å². The molecule has 1 aliphatic carbocycles. The molecule has 1 saturated carbocycles. The molecule has 1 aromatic carbocycles. The van der Waals surface area contributed by atoms with Crippen LogP contribution in [0.4, 0.5) is 5.69 Å². The number of nitrogens with one attached hydrogen (secondary N) is 2. The number of rotatable bonds is 3. The van der Waals surface area contributed by atoms with Gasteiger partial charge in [-0.25, -0.2) is 0 Å². The maximum absolute atomic E-state index is 6.04. The number of hydrogen-bond acceptors (Lipinski definition) is 3. The van der Waals surface area contributed by atoms with E-state index in [9.17, 15) is 0 Å². The molecule has 3 fully saturated rings. The van der Waals surface area contributed by atoms with Crippen LogP contribution in [0, 0.1) is 11.3 Å². The van der Waals surface area contributed by atoms with Crippen LogP contribution in [0.25, 0.3) is 0 Å². The predicted molar refractivity (Wildman–Crippen MR) is 127 cm³/mol. The Morgan fingerprint density at radius 2 is 1.82 bits per heavy atom. The molecule has 0 spiro atoms. The summed E-state index contributed by atoms with van der Waals surface area (Å²) in [6.07, 6.45) is 5.12. The van der Waals surface area contributed by atoms with E-state index >= 15 is 0 Å². The smallest absolute Gasteiger partial charge is 0.191 e. The van der Waals surface area contributed by atoms with Gasteiger partial charge in [0.15, 0.2) is 5.96 Å². The maximum atomic E-state index is 6.04. The highest BCUT2D eigenvalue weighted by Crippen LogP contribution is 2.51. The van der Waals surface area contributed by atoms with E-state index in [1.807, 2.05) is 7.05 Å². The Bertz CT molecular complexity index is 658. The van der Waals surface area contributed by atoms with E-state index in [0.717, 1.165) is 38.5 Å². The van der Waals surface area contributed by atoms with Gasteiger partial charge in [0.05, 0.1) is 6.10 Å². The lowest BCUT2D eigenvalue weighted by atomic mass is 9.55. The largest absolute Gasteiger partial charge is 0.377 e. The van der Waals surface area contributed by atoms with Crippen molar-refractivity contribution in [2.45, 2.75) is 57.7 Å². The number of ether oxygens (including phenoxy) is 1. The lowest BCUT2D eigenvalue weighted by Gasteiger charge is -2.60. The van der Waals surface area contributed by atoms with Crippen LogP contribution in [0.2, 0.25) is 0 Å². The Morgan fingerprint density at radius 1 is 1.11 bits per heavy atom. The quantitative estimate of drug-likeness (QED) is 0.380. The zero-order valence-electron chi connectivity index (χ0n) is 17.4. The Kier molecular flexibility index (Phi) is 7.12. The molecule has 2 heterocycles. The van der Waals surface area contributed by atoms with Crippen LogP contribution in [0.3, 0.4) is 0 Å². The van der Waals surface area contributed by atoms with E-state index in [1.54, 1.807) is 0 Å². The molecule has 156 valence electrons. The topological polar surface area (TPSA) is 48.9 Å². The van der Waals surface area contributed by atoms with Gasteiger partial charge in [0.1, 0.15) is 0 Å². The summed E-state index contributed by atoms with van der Waals surface area (Å²) in [6, 6.07) is 11.7. The molecule has 3 unspecified atom stereocenters. The summed E-state index contributed by atoms with van der Waals surface area (Å²) < 4.78 is 6.04. The average molecular weight is 498 g/mol. The number of guanidine groups is 1. The van der Waals surface area contributed by atoms with Gasteiger partial charge >= 0.3 is 0 Å². The normalized spacial score (nSPS) is 29.9. The standard InChI is InChI=1S/C22H34N4O.HI/c1-22(2)19(18-10-7-15-27-20(18)22)25-21(23-3)24-16-11-13-26(14-12-16)17-8-5-4-6-9-17;/h4-6,8-9,16,18-20H,7,10-15H2,1-3H3,(H2,23,24,25);1H. The molecule has 0 bridgehead atoms. The van der Waals surface area contributed by atoms with Crippen LogP contribution < -0.4 is 15.5 Å². The molecule has 28 heavy (non-hydrogen) atoms. The molecule has 2 N–H and O–H groups in total. The minimum atomic E-state index is 0. The van der Waals surface area contributed by atoms with Crippen molar-refractivity contribution >= 4 is 35.6 Å². The fraction of sp³-hybridized carbons (Fsp3) is 0.682. The summed E-state index contributed by atoms with van der Waals surface area (Å²) in [4.78, 5) is 7.00. The first-order valence-electron chi connectivity index (χ1n) is 10.5. The maximum Gasteiger partial charge on any atom is 0.191 e. The molecule has 0 radical (unpaired) electrons. The van der Waals surface area contributed by atoms with Crippen molar-refractivity contribution in [3.63, 3.8) is 0 Å². The van der Waals surface area contributed by atoms with E-state index in [1.165, 1.54) is 18.5 Å². The van der Waals surface area contributed by atoms with Crippen molar-refractivity contribution < 1.29 is 4.74 Å². The number of fused-ring (bicyclic) bond motifs is 1. The molecule has 0 amide bonds. The molecule has 0 aromatic heterocycles. The van der Waals surface area contributed by atoms with E-state index < -0.39 is 0 Å². The van der Waals surface area contributed by atoms with E-state index in [4.69, 9.17) is 4.74 Å². The van der Waals surface area contributed by atoms with Crippen molar-refractivity contribution in [1.82, 2.24) is 10.6 Å². The second kappa shape index (κ2) is 9.20. The van der Waals surface area contributed by atoms with Gasteiger partial charge in [0, 0.05) is 55.8 Å². The monoisotopic (exact) mass is 498 g/mol. The number of benzene rings is 1. The van der Waals surface area contributed by atoms with Crippen molar-refractivity contribution in [2.75, 3.05) is 31.6 Å². The molecule has 6 heteroatoms. The van der Waals surface area contributed by atoms with Crippen LogP contribution in [-0.4, -0.2) is 50.9 Å². The molecule has 4 rings (SSSR count). The van der Waals surface area contributed by atoms with Crippen LogP contribution in [0.5, 0.6) is 0 Å². The minimum absolute atomic E-state index is 0. The van der Waals surface area contributed by atoms with Crippen molar-refractivity contribution in [3.8, 4) is 0 Å². The Hall–Kier alpha value is -1.02. The number of aliphatic imine (C=N–C) groups is 1. The Morgan fingerprint density at radius 3 is 2.50 bits per heavy atom. The molecule has 1 aromatic rings. The molecule has 5 nitrogen and oxygen atoms in total. The van der Waals surface area contributed by atoms with Crippen LogP contribution >= 0.6 is 24.0 Å². The second-order valence-corrected chi connectivity index (χ2v) is 8.85. The molecule has 3 aliphatic rings. The van der Waals surface area contributed by atoms with E-state index in [-0.39, 0.29) is 29.4 Å². The van der Waals surface area contributed by atoms with E-state index in [2.05, 4.69) is 64.7 Å². The van der Waals surface area contributed by atoms with E-state index in [0.29, 0.717) is 24.1 Å². The number of piperidine rings is 1. The number of halogens is 1. The first-order chi connectivity index (χ1) is 13.1. The van der Waals surface area contributed by atoms with Crippen molar-refractivity contribution in [2.24, 2.45) is 16.3 Å². The van der Waals surface area contributed by atoms with Gasteiger partial charge in [-0.15, -0.1) is 24.0 Å². The summed E-state index contributed by atoms with van der Waals surface area (Å²) in [7, 11) is 1.88. The molecule has 2 aliphatic heterocycles. The zero-order chi connectivity index (χ0) is 18.9. The van der Waals surface area contributed by atoms with Gasteiger partial charge in [-0.1, -0.05) is 32.0 Å². The summed E-state index contributed by atoms with van der Waals surface area (Å²) >= 11 is 0. The zero-order valence-corrected chi connectivity index (χ0v) is 19.7. The summed E-state index contributed by atoms with van der Waals surface area (Å²) in [6.45, 7) is 7.74. The lowest BCUT2D eigenvalue weighted by Crippen LogP contribution is -2.71. The average Bonchev–Trinajstić information content (AvgIpc) is 2.72. The van der Waals surface area contributed by atoms with Crippen molar-refractivity contribution in [3.05, 3.63) is 30.3 Å². The van der Waals surface area contributed by atoms with Gasteiger partial charge in [-0.05, 0) is 37.8 Å². The fourth-order valence-electron chi connectivity index (χ4n) is 5.25. The van der Waals surface area contributed by atoms with Crippen LogP contribution in [0.1, 0.15) is 39.5 Å². The lowest BCUT2D eigenvalue weighted by molar-refractivity contribution is -0.188. The summed E-state index contributed by atoms with van der Waals surface area (Å²) in [5.41, 5.74) is 1.50. The highest BCUT2D eigenvalue weighted by Gasteiger charge is 2.58. The van der Waals surface area contributed by atoms with Crippen LogP contribution in [-0.2, 0) is 4.74 Å². The first kappa shape index (κ1) is 21.7. The molecule has 3 atom stereocenters. The van der Waals surface area contributed by atoms with Crippen LogP contribution in [0.15, 0.2) is 35.3 Å². The third-order valence-electron chi connectivity index (χ3n) is 6.80. The highest BCUT2D eigenvalue weighted by molar-refractivity contribution is 14.0. The number of hydrogen-bond donors (Lipinski definition) is 2. The van der Waals surface area contributed by atoms with Gasteiger partial charge in [-0.2, -0.15) is 0 Å². The molecule has 2 saturated heterocycles. The fourth-order valence-corrected chi connectivity index (χ4v) is 5.25. The summed E-state index contributed by atoms with van der Waals surface area (Å²) in [5.74, 6) is 1.57. The molecular formula is C22H35IN4O. The number of anilines is 1. The van der Waals surface area contributed by atoms with Gasteiger partial charge < -0.3 is 20.3 Å². The van der Waals surface area contributed by atoms with Gasteiger partial charge in [0.2, 0.25) is 0 Å². The first-order valence-corrected chi connectivity index (χ1v) is 10.5. The molecular weight excluding hydrogens is 463 g/mol.